The predicted molar refractivity (Wildman–Crippen MR) is 51.0 cm³/mol. The molecule has 72 valence electrons. The number of aliphatic hydroxyl groups excluding tert-OH is 1. The second-order valence-corrected chi connectivity index (χ2v) is 3.08. The standard InChI is InChI=1S/C9H12ClNO2/c1-3-7(12)6-4-8(10)11-9(5-6)13-2/h4-5,7,12H,3H2,1-2H3. The van der Waals surface area contributed by atoms with Gasteiger partial charge in [0.25, 0.3) is 0 Å². The molecule has 1 N–H and O–H groups in total. The molecule has 1 aromatic rings. The minimum atomic E-state index is -0.505. The first-order valence-electron chi connectivity index (χ1n) is 4.07. The first-order chi connectivity index (χ1) is 6.17. The van der Waals surface area contributed by atoms with E-state index >= 15 is 0 Å². The van der Waals surface area contributed by atoms with Gasteiger partial charge in [-0.2, -0.15) is 0 Å². The van der Waals surface area contributed by atoms with Crippen molar-refractivity contribution in [2.24, 2.45) is 0 Å². The molecular weight excluding hydrogens is 190 g/mol. The minimum Gasteiger partial charge on any atom is -0.481 e. The van der Waals surface area contributed by atoms with Crippen LogP contribution < -0.4 is 4.74 Å². The molecule has 3 nitrogen and oxygen atoms in total. The van der Waals surface area contributed by atoms with Crippen molar-refractivity contribution < 1.29 is 9.84 Å². The Labute approximate surface area is 82.3 Å². The first-order valence-corrected chi connectivity index (χ1v) is 4.44. The molecule has 0 aromatic carbocycles. The van der Waals surface area contributed by atoms with Crippen molar-refractivity contribution in [2.45, 2.75) is 19.4 Å². The largest absolute Gasteiger partial charge is 0.481 e. The Kier molecular flexibility index (Phi) is 3.51. The Hall–Kier alpha value is -0.800. The summed E-state index contributed by atoms with van der Waals surface area (Å²) in [6.07, 6.45) is 0.137. The second kappa shape index (κ2) is 4.44. The Morgan fingerprint density at radius 3 is 2.85 bits per heavy atom. The molecule has 4 heteroatoms. The molecule has 0 spiro atoms. The van der Waals surface area contributed by atoms with Crippen molar-refractivity contribution in [3.05, 3.63) is 22.8 Å². The molecule has 1 atom stereocenters. The average Bonchev–Trinajstić information content (AvgIpc) is 2.15. The van der Waals surface area contributed by atoms with E-state index in [0.717, 1.165) is 5.56 Å². The maximum Gasteiger partial charge on any atom is 0.214 e. The van der Waals surface area contributed by atoms with Crippen LogP contribution in [0, 0.1) is 0 Å². The fraction of sp³-hybridized carbons (Fsp3) is 0.444. The van der Waals surface area contributed by atoms with Gasteiger partial charge in [0, 0.05) is 6.07 Å². The zero-order valence-corrected chi connectivity index (χ0v) is 8.38. The molecule has 0 amide bonds. The monoisotopic (exact) mass is 201 g/mol. The molecule has 1 aromatic heterocycles. The fourth-order valence-electron chi connectivity index (χ4n) is 1.02. The van der Waals surface area contributed by atoms with E-state index in [1.807, 2.05) is 6.92 Å². The summed E-state index contributed by atoms with van der Waals surface area (Å²) in [6.45, 7) is 1.89. The first kappa shape index (κ1) is 10.3. The molecular formula is C9H12ClNO2. The summed E-state index contributed by atoms with van der Waals surface area (Å²) in [5.41, 5.74) is 0.736. The van der Waals surface area contributed by atoms with Crippen LogP contribution in [-0.4, -0.2) is 17.2 Å². The lowest BCUT2D eigenvalue weighted by atomic mass is 10.1. The number of hydrogen-bond acceptors (Lipinski definition) is 3. The zero-order valence-electron chi connectivity index (χ0n) is 7.62. The van der Waals surface area contributed by atoms with Crippen molar-refractivity contribution in [3.8, 4) is 5.88 Å². The summed E-state index contributed by atoms with van der Waals surface area (Å²) in [5, 5.41) is 9.87. The highest BCUT2D eigenvalue weighted by Gasteiger charge is 2.08. The molecule has 0 saturated heterocycles. The molecule has 0 aliphatic rings. The fourth-order valence-corrected chi connectivity index (χ4v) is 1.23. The highest BCUT2D eigenvalue weighted by molar-refractivity contribution is 6.29. The molecule has 13 heavy (non-hydrogen) atoms. The van der Waals surface area contributed by atoms with Gasteiger partial charge in [0.2, 0.25) is 5.88 Å². The van der Waals surface area contributed by atoms with Crippen LogP contribution in [0.5, 0.6) is 5.88 Å². The topological polar surface area (TPSA) is 42.4 Å². The smallest absolute Gasteiger partial charge is 0.214 e. The van der Waals surface area contributed by atoms with Gasteiger partial charge >= 0.3 is 0 Å². The summed E-state index contributed by atoms with van der Waals surface area (Å²) in [6, 6.07) is 3.32. The van der Waals surface area contributed by atoms with Gasteiger partial charge in [-0.15, -0.1) is 0 Å². The van der Waals surface area contributed by atoms with Crippen LogP contribution in [0.1, 0.15) is 25.0 Å². The zero-order chi connectivity index (χ0) is 9.84. The number of ether oxygens (including phenoxy) is 1. The molecule has 1 rings (SSSR count). The number of aliphatic hydroxyl groups is 1. The number of methoxy groups -OCH3 is 1. The van der Waals surface area contributed by atoms with Gasteiger partial charge < -0.3 is 9.84 Å². The van der Waals surface area contributed by atoms with E-state index in [1.165, 1.54) is 7.11 Å². The molecule has 0 bridgehead atoms. The SMILES string of the molecule is CCC(O)c1cc(Cl)nc(OC)c1. The number of nitrogens with zero attached hydrogens (tertiary/aromatic N) is 1. The van der Waals surface area contributed by atoms with Crippen LogP contribution in [0.4, 0.5) is 0 Å². The Morgan fingerprint density at radius 2 is 2.31 bits per heavy atom. The van der Waals surface area contributed by atoms with Crippen LogP contribution in [-0.2, 0) is 0 Å². The Morgan fingerprint density at radius 1 is 1.62 bits per heavy atom. The van der Waals surface area contributed by atoms with Crippen molar-refractivity contribution in [2.75, 3.05) is 7.11 Å². The normalized spacial score (nSPS) is 12.6. The van der Waals surface area contributed by atoms with Crippen LogP contribution in [0.3, 0.4) is 0 Å². The third-order valence-corrected chi connectivity index (χ3v) is 1.97. The molecule has 0 aliphatic heterocycles. The van der Waals surface area contributed by atoms with Gasteiger partial charge in [-0.1, -0.05) is 18.5 Å². The van der Waals surface area contributed by atoms with E-state index in [-0.39, 0.29) is 0 Å². The lowest BCUT2D eigenvalue weighted by molar-refractivity contribution is 0.173. The quantitative estimate of drug-likeness (QED) is 0.763. The molecule has 0 fully saturated rings. The average molecular weight is 202 g/mol. The molecule has 0 saturated carbocycles. The van der Waals surface area contributed by atoms with Gasteiger partial charge in [-0.3, -0.25) is 0 Å². The van der Waals surface area contributed by atoms with Crippen molar-refractivity contribution in [1.29, 1.82) is 0 Å². The lowest BCUT2D eigenvalue weighted by Crippen LogP contribution is -1.97. The maximum absolute atomic E-state index is 9.53. The second-order valence-electron chi connectivity index (χ2n) is 2.69. The van der Waals surface area contributed by atoms with Crippen LogP contribution >= 0.6 is 11.6 Å². The number of hydrogen-bond donors (Lipinski definition) is 1. The number of aromatic nitrogens is 1. The van der Waals surface area contributed by atoms with E-state index in [9.17, 15) is 5.11 Å². The molecule has 0 aliphatic carbocycles. The molecule has 1 unspecified atom stereocenters. The summed E-state index contributed by atoms with van der Waals surface area (Å²) in [5.74, 6) is 0.426. The Balaban J connectivity index is 3.01. The van der Waals surface area contributed by atoms with E-state index in [2.05, 4.69) is 4.98 Å². The third-order valence-electron chi connectivity index (χ3n) is 1.77. The summed E-state index contributed by atoms with van der Waals surface area (Å²) in [7, 11) is 1.51. The van der Waals surface area contributed by atoms with E-state index in [0.29, 0.717) is 17.5 Å². The van der Waals surface area contributed by atoms with Gasteiger partial charge in [-0.25, -0.2) is 4.98 Å². The summed E-state index contributed by atoms with van der Waals surface area (Å²) >= 11 is 5.73. The van der Waals surface area contributed by atoms with Crippen molar-refractivity contribution in [1.82, 2.24) is 4.98 Å². The Bertz CT molecular complexity index is 291. The highest BCUT2D eigenvalue weighted by Crippen LogP contribution is 2.22. The van der Waals surface area contributed by atoms with Crippen molar-refractivity contribution >= 4 is 11.6 Å². The number of pyridine rings is 1. The van der Waals surface area contributed by atoms with E-state index in [1.54, 1.807) is 12.1 Å². The lowest BCUT2D eigenvalue weighted by Gasteiger charge is -2.09. The van der Waals surface area contributed by atoms with Gasteiger partial charge in [-0.05, 0) is 18.1 Å². The van der Waals surface area contributed by atoms with Gasteiger partial charge in [0.05, 0.1) is 13.2 Å². The summed E-state index contributed by atoms with van der Waals surface area (Å²) in [4.78, 5) is 3.90. The molecule has 0 radical (unpaired) electrons. The molecule has 1 heterocycles. The third kappa shape index (κ3) is 2.57. The highest BCUT2D eigenvalue weighted by atomic mass is 35.5. The van der Waals surface area contributed by atoms with Crippen LogP contribution in [0.15, 0.2) is 12.1 Å². The van der Waals surface area contributed by atoms with E-state index in [4.69, 9.17) is 16.3 Å². The summed E-state index contributed by atoms with van der Waals surface area (Å²) < 4.78 is 4.92. The predicted octanol–water partition coefficient (Wildman–Crippen LogP) is 2.19. The van der Waals surface area contributed by atoms with Crippen molar-refractivity contribution in [3.63, 3.8) is 0 Å². The van der Waals surface area contributed by atoms with Crippen LogP contribution in [0.25, 0.3) is 0 Å². The van der Waals surface area contributed by atoms with Crippen LogP contribution in [0.2, 0.25) is 5.15 Å². The minimum absolute atomic E-state index is 0.335. The van der Waals surface area contributed by atoms with Gasteiger partial charge in [0.1, 0.15) is 5.15 Å². The number of halogens is 1. The number of rotatable bonds is 3. The van der Waals surface area contributed by atoms with Gasteiger partial charge in [0.15, 0.2) is 0 Å². The van der Waals surface area contributed by atoms with E-state index < -0.39 is 6.10 Å². The maximum atomic E-state index is 9.53.